The van der Waals surface area contributed by atoms with E-state index in [1.165, 1.54) is 21.9 Å². The second-order valence-corrected chi connectivity index (χ2v) is 11.5. The molecule has 0 bridgehead atoms. The predicted octanol–water partition coefficient (Wildman–Crippen LogP) is -0.525. The lowest BCUT2D eigenvalue weighted by molar-refractivity contribution is -0.194. The predicted molar refractivity (Wildman–Crippen MR) is 145 cm³/mol. The zero-order chi connectivity index (χ0) is 29.8. The Kier molecular flexibility index (Phi) is 5.86. The van der Waals surface area contributed by atoms with E-state index < -0.39 is 74.5 Å². The third-order valence-electron chi connectivity index (χ3n) is 8.86. The van der Waals surface area contributed by atoms with Gasteiger partial charge >= 0.3 is 0 Å². The number of nitrogens with zero attached hydrogens (tertiary/aromatic N) is 2. The van der Waals surface area contributed by atoms with E-state index in [-0.39, 0.29) is 35.2 Å². The minimum atomic E-state index is -2.68. The van der Waals surface area contributed by atoms with Crippen molar-refractivity contribution in [1.82, 2.24) is 4.90 Å². The highest BCUT2D eigenvalue weighted by atomic mass is 16.4. The molecule has 0 aliphatic heterocycles. The number of phenolic OH excluding ortho intramolecular Hbond substituents is 1. The van der Waals surface area contributed by atoms with Gasteiger partial charge in [0.15, 0.2) is 11.4 Å². The molecule has 2 aromatic rings. The summed E-state index contributed by atoms with van der Waals surface area (Å²) in [6, 6.07) is 1.61. The Balaban J connectivity index is 1.77. The number of phenols is 1. The fraction of sp³-hybridized carbons (Fsp3) is 0.429. The quantitative estimate of drug-likeness (QED) is 0.266. The van der Waals surface area contributed by atoms with Gasteiger partial charge in [0.05, 0.1) is 22.7 Å². The first-order chi connectivity index (χ1) is 18.5. The number of benzene rings is 1. The normalized spacial score (nSPS) is 29.9. The van der Waals surface area contributed by atoms with Gasteiger partial charge in [0.1, 0.15) is 28.6 Å². The Bertz CT molecular complexity index is 1640. The van der Waals surface area contributed by atoms with Crippen molar-refractivity contribution >= 4 is 23.1 Å². The third-order valence-corrected chi connectivity index (χ3v) is 8.86. The molecule has 1 unspecified atom stereocenters. The number of primary amides is 1. The average Bonchev–Trinajstić information content (AvgIpc) is 2.83. The lowest BCUT2D eigenvalue weighted by Crippen LogP contribution is -2.73. The smallest absolute Gasteiger partial charge is 0.251 e. The molecule has 0 heterocycles. The van der Waals surface area contributed by atoms with Crippen LogP contribution in [-0.4, -0.2) is 87.6 Å². The summed E-state index contributed by atoms with van der Waals surface area (Å²) in [7, 11) is 6.35. The van der Waals surface area contributed by atoms with Crippen molar-refractivity contribution in [3.63, 3.8) is 0 Å². The molecule has 40 heavy (non-hydrogen) atoms. The van der Waals surface area contributed by atoms with Gasteiger partial charge in [0, 0.05) is 25.6 Å². The Hall–Kier alpha value is -4.00. The molecule has 0 spiro atoms. The number of aromatic hydroxyl groups is 1. The molecule has 1 saturated carbocycles. The Morgan fingerprint density at radius 3 is 2.17 bits per heavy atom. The van der Waals surface area contributed by atoms with E-state index in [1.807, 2.05) is 0 Å². The van der Waals surface area contributed by atoms with E-state index in [9.17, 15) is 44.7 Å². The van der Waals surface area contributed by atoms with Crippen molar-refractivity contribution in [3.05, 3.63) is 60.6 Å². The standard InChI is InChI=1S/C28H31N3O9/c1-27(39)18(26(29)38)23(35)19(30(2)3)13-9-10-8-12-11(17-20(31(4)5)24(36)22(17)34)6-7-14(32)16(12)21(33)15(10)25(37)28(13,27)40/h6-7,10,13,19,32-33,35,39-40H,8-9H2,1-5H3,(H2,29,38)/t10-,13-,19-,27?,28-/m0/s1. The number of rotatable bonds is 4. The Morgan fingerprint density at radius 1 is 1.00 bits per heavy atom. The van der Waals surface area contributed by atoms with Crippen LogP contribution in [0.15, 0.2) is 38.6 Å². The summed E-state index contributed by atoms with van der Waals surface area (Å²) in [5.74, 6) is -5.85. The molecule has 1 fully saturated rings. The highest BCUT2D eigenvalue weighted by Gasteiger charge is 2.69. The molecule has 212 valence electrons. The summed E-state index contributed by atoms with van der Waals surface area (Å²) >= 11 is 0. The number of likely N-dealkylation sites (N-methyl/N-ethyl adjacent to an activating group) is 1. The fourth-order valence-electron chi connectivity index (χ4n) is 7.11. The van der Waals surface area contributed by atoms with Gasteiger partial charge in [-0.15, -0.1) is 0 Å². The summed E-state index contributed by atoms with van der Waals surface area (Å²) in [5.41, 5.74) is -1.38. The minimum Gasteiger partial charge on any atom is -0.510 e. The third kappa shape index (κ3) is 3.17. The molecule has 5 atom stereocenters. The molecule has 1 amide bonds. The molecule has 0 aromatic heterocycles. The van der Waals surface area contributed by atoms with E-state index in [2.05, 4.69) is 0 Å². The monoisotopic (exact) mass is 553 g/mol. The van der Waals surface area contributed by atoms with Crippen LogP contribution in [0.5, 0.6) is 5.75 Å². The molecule has 7 N–H and O–H groups in total. The van der Waals surface area contributed by atoms with Crippen LogP contribution in [0, 0.1) is 11.8 Å². The fourth-order valence-corrected chi connectivity index (χ4v) is 7.11. The van der Waals surface area contributed by atoms with Crippen LogP contribution in [0.3, 0.4) is 0 Å². The van der Waals surface area contributed by atoms with E-state index >= 15 is 0 Å². The van der Waals surface area contributed by atoms with Gasteiger partial charge in [-0.25, -0.2) is 0 Å². The van der Waals surface area contributed by atoms with Crippen molar-refractivity contribution in [2.24, 2.45) is 17.6 Å². The molecule has 12 heteroatoms. The lowest BCUT2D eigenvalue weighted by atomic mass is 9.52. The van der Waals surface area contributed by atoms with Crippen LogP contribution < -0.4 is 21.5 Å². The van der Waals surface area contributed by atoms with Crippen LogP contribution in [0.1, 0.15) is 24.5 Å². The second kappa shape index (κ2) is 8.50. The van der Waals surface area contributed by atoms with E-state index in [0.717, 1.165) is 6.92 Å². The SMILES string of the molecule is CN(C)c1c(-c2ccc(O)c3c2C[C@H]2C[C@H]4[C@H](N(C)C)C(O)=C(C(N)=O)C(C)(O)[C@@]4(O)C(=O)C2=C3O)c(=O)c1=O. The van der Waals surface area contributed by atoms with Gasteiger partial charge in [0.2, 0.25) is 10.9 Å². The van der Waals surface area contributed by atoms with Gasteiger partial charge in [-0.1, -0.05) is 6.07 Å². The first-order valence-corrected chi connectivity index (χ1v) is 12.7. The number of nitrogens with two attached hydrogens (primary N) is 1. The van der Waals surface area contributed by atoms with E-state index in [1.54, 1.807) is 28.2 Å². The van der Waals surface area contributed by atoms with E-state index in [4.69, 9.17) is 5.73 Å². The number of Topliss-reactive ketones (excluding diaryl/α,β-unsaturated/α-hetero) is 1. The summed E-state index contributed by atoms with van der Waals surface area (Å²) in [5, 5.41) is 56.7. The van der Waals surface area contributed by atoms with Crippen molar-refractivity contribution in [2.75, 3.05) is 33.1 Å². The van der Waals surface area contributed by atoms with Crippen LogP contribution in [0.4, 0.5) is 5.69 Å². The number of aliphatic hydroxyl groups is 4. The number of hydrogen-bond donors (Lipinski definition) is 6. The highest BCUT2D eigenvalue weighted by molar-refractivity contribution is 6.12. The zero-order valence-corrected chi connectivity index (χ0v) is 22.6. The van der Waals surface area contributed by atoms with Crippen molar-refractivity contribution in [3.8, 4) is 16.9 Å². The van der Waals surface area contributed by atoms with Crippen molar-refractivity contribution < 1.29 is 35.1 Å². The number of aliphatic hydroxyl groups excluding tert-OH is 2. The molecule has 0 saturated heterocycles. The number of hydrogen-bond acceptors (Lipinski definition) is 11. The molecular formula is C28H31N3O9. The zero-order valence-electron chi connectivity index (χ0n) is 22.6. The van der Waals surface area contributed by atoms with Gasteiger partial charge in [0.25, 0.3) is 5.91 Å². The number of anilines is 1. The van der Waals surface area contributed by atoms with Crippen molar-refractivity contribution in [2.45, 2.75) is 37.0 Å². The lowest BCUT2D eigenvalue weighted by Gasteiger charge is -2.56. The summed E-state index contributed by atoms with van der Waals surface area (Å²) in [6.45, 7) is 1.01. The molecule has 0 radical (unpaired) electrons. The van der Waals surface area contributed by atoms with Gasteiger partial charge in [-0.2, -0.15) is 0 Å². The first-order valence-electron chi connectivity index (χ1n) is 12.7. The molecule has 3 aliphatic rings. The first kappa shape index (κ1) is 27.6. The average molecular weight is 554 g/mol. The molecule has 5 rings (SSSR count). The number of carbonyl (C=O) groups is 2. The van der Waals surface area contributed by atoms with E-state index in [0.29, 0.717) is 11.1 Å². The summed E-state index contributed by atoms with van der Waals surface area (Å²) < 4.78 is 0. The van der Waals surface area contributed by atoms with Gasteiger partial charge < -0.3 is 36.2 Å². The number of carbonyl (C=O) groups excluding carboxylic acids is 2. The van der Waals surface area contributed by atoms with Crippen molar-refractivity contribution in [1.29, 1.82) is 0 Å². The summed E-state index contributed by atoms with van der Waals surface area (Å²) in [4.78, 5) is 54.4. The number of amides is 1. The molecule has 3 aliphatic carbocycles. The minimum absolute atomic E-state index is 0.0257. The highest BCUT2D eigenvalue weighted by Crippen LogP contribution is 2.56. The Morgan fingerprint density at radius 2 is 1.62 bits per heavy atom. The number of fused-ring (bicyclic) bond motifs is 3. The topological polar surface area (TPSA) is 202 Å². The number of ketones is 1. The maximum absolute atomic E-state index is 14.1. The molecule has 12 nitrogen and oxygen atoms in total. The van der Waals surface area contributed by atoms with Gasteiger partial charge in [-0.3, -0.25) is 24.1 Å². The van der Waals surface area contributed by atoms with Crippen LogP contribution in [0.25, 0.3) is 16.9 Å². The second-order valence-electron chi connectivity index (χ2n) is 11.5. The molecular weight excluding hydrogens is 522 g/mol. The van der Waals surface area contributed by atoms with Gasteiger partial charge in [-0.05, 0) is 57.0 Å². The largest absolute Gasteiger partial charge is 0.510 e. The van der Waals surface area contributed by atoms with Crippen LogP contribution in [0.2, 0.25) is 0 Å². The maximum atomic E-state index is 14.1. The maximum Gasteiger partial charge on any atom is 0.251 e. The molecule has 2 aromatic carbocycles. The summed E-state index contributed by atoms with van der Waals surface area (Å²) in [6.07, 6.45) is -0.0182. The Labute approximate surface area is 228 Å². The van der Waals surface area contributed by atoms with Crippen LogP contribution in [-0.2, 0) is 16.0 Å². The van der Waals surface area contributed by atoms with Crippen LogP contribution >= 0.6 is 0 Å².